The van der Waals surface area contributed by atoms with Crippen LogP contribution in [0.2, 0.25) is 0 Å². The van der Waals surface area contributed by atoms with Gasteiger partial charge in [0.1, 0.15) is 11.3 Å². The average molecular weight is 282 g/mol. The molecule has 80 valence electrons. The van der Waals surface area contributed by atoms with Crippen molar-refractivity contribution in [1.82, 2.24) is 14.4 Å². The van der Waals surface area contributed by atoms with Crippen LogP contribution in [-0.4, -0.2) is 14.4 Å². The van der Waals surface area contributed by atoms with Crippen molar-refractivity contribution in [1.29, 1.82) is 0 Å². The van der Waals surface area contributed by atoms with Gasteiger partial charge >= 0.3 is 0 Å². The molecular weight excluding hydrogens is 277 g/mol. The molecular formula is C10H5BrFN3O. The van der Waals surface area contributed by atoms with E-state index in [0.29, 0.717) is 21.0 Å². The van der Waals surface area contributed by atoms with E-state index < -0.39 is 0 Å². The minimum Gasteiger partial charge on any atom is -0.319 e. The normalized spacial score (nSPS) is 11.4. The van der Waals surface area contributed by atoms with Crippen molar-refractivity contribution in [2.45, 2.75) is 0 Å². The molecule has 0 saturated heterocycles. The number of nitrogens with one attached hydrogen (secondary N) is 1. The van der Waals surface area contributed by atoms with Crippen molar-refractivity contribution in [3.05, 3.63) is 45.3 Å². The smallest absolute Gasteiger partial charge is 0.274 e. The van der Waals surface area contributed by atoms with Gasteiger partial charge in [-0.1, -0.05) is 0 Å². The largest absolute Gasteiger partial charge is 0.319 e. The Hall–Kier alpha value is -1.69. The summed E-state index contributed by atoms with van der Waals surface area (Å²) in [6.07, 6.45) is 2.93. The summed E-state index contributed by atoms with van der Waals surface area (Å²) >= 11 is 3.07. The summed E-state index contributed by atoms with van der Waals surface area (Å²) in [4.78, 5) is 18.2. The summed E-state index contributed by atoms with van der Waals surface area (Å²) < 4.78 is 15.3. The second-order valence-electron chi connectivity index (χ2n) is 3.39. The first-order chi connectivity index (χ1) is 7.66. The van der Waals surface area contributed by atoms with Gasteiger partial charge in [0.25, 0.3) is 5.56 Å². The van der Waals surface area contributed by atoms with Crippen molar-refractivity contribution < 1.29 is 4.39 Å². The van der Waals surface area contributed by atoms with E-state index in [9.17, 15) is 9.18 Å². The van der Waals surface area contributed by atoms with E-state index in [0.717, 1.165) is 0 Å². The fraction of sp³-hybridized carbons (Fsp3) is 0. The number of rotatable bonds is 0. The fourth-order valence-electron chi connectivity index (χ4n) is 1.68. The van der Waals surface area contributed by atoms with Gasteiger partial charge in [-0.2, -0.15) is 0 Å². The van der Waals surface area contributed by atoms with Crippen LogP contribution >= 0.6 is 15.9 Å². The topological polar surface area (TPSA) is 50.2 Å². The number of aromatic nitrogens is 3. The Kier molecular flexibility index (Phi) is 1.88. The van der Waals surface area contributed by atoms with E-state index >= 15 is 0 Å². The lowest BCUT2D eigenvalue weighted by Crippen LogP contribution is -2.09. The quantitative estimate of drug-likeness (QED) is 0.686. The molecule has 4 nitrogen and oxygen atoms in total. The van der Waals surface area contributed by atoms with E-state index in [1.807, 2.05) is 0 Å². The highest BCUT2D eigenvalue weighted by atomic mass is 79.9. The van der Waals surface area contributed by atoms with Gasteiger partial charge in [-0.3, -0.25) is 9.20 Å². The van der Waals surface area contributed by atoms with Crippen LogP contribution in [0.15, 0.2) is 33.9 Å². The molecule has 1 aromatic carbocycles. The third-order valence-corrected chi connectivity index (χ3v) is 3.03. The third-order valence-electron chi connectivity index (χ3n) is 2.42. The minimum atomic E-state index is -0.380. The summed E-state index contributed by atoms with van der Waals surface area (Å²) in [5.74, 6) is -0.380. The van der Waals surface area contributed by atoms with Gasteiger partial charge in [-0.25, -0.2) is 9.37 Å². The number of nitrogens with zero attached hydrogens (tertiary/aromatic N) is 2. The second kappa shape index (κ2) is 3.15. The summed E-state index contributed by atoms with van der Waals surface area (Å²) in [7, 11) is 0. The standard InChI is InChI=1S/C10H5BrFN3O/c11-5-1-7-8(2-6(5)12)15-4-13-3-9(15)10(16)14-7/h1-4H,(H,14,16). The molecule has 2 aromatic heterocycles. The number of imidazole rings is 1. The maximum absolute atomic E-state index is 13.4. The Balaban J connectivity index is 2.64. The first-order valence-corrected chi connectivity index (χ1v) is 5.29. The van der Waals surface area contributed by atoms with E-state index in [2.05, 4.69) is 25.9 Å². The van der Waals surface area contributed by atoms with E-state index in [1.54, 1.807) is 4.40 Å². The summed E-state index contributed by atoms with van der Waals surface area (Å²) in [6, 6.07) is 2.88. The van der Waals surface area contributed by atoms with Crippen molar-refractivity contribution in [3.63, 3.8) is 0 Å². The van der Waals surface area contributed by atoms with Crippen molar-refractivity contribution in [2.75, 3.05) is 0 Å². The number of aromatic amines is 1. The highest BCUT2D eigenvalue weighted by Gasteiger charge is 2.08. The molecule has 0 aliphatic carbocycles. The SMILES string of the molecule is O=c1[nH]c2cc(Br)c(F)cc2n2cncc12. The van der Waals surface area contributed by atoms with Crippen LogP contribution < -0.4 is 5.56 Å². The zero-order valence-corrected chi connectivity index (χ0v) is 9.45. The predicted octanol–water partition coefficient (Wildman–Crippen LogP) is 2.08. The molecule has 0 spiro atoms. The molecule has 0 amide bonds. The third kappa shape index (κ3) is 1.19. The number of fused-ring (bicyclic) bond motifs is 3. The molecule has 0 fully saturated rings. The Labute approximate surface area is 96.9 Å². The fourth-order valence-corrected chi connectivity index (χ4v) is 2.02. The van der Waals surface area contributed by atoms with Gasteiger partial charge in [-0.05, 0) is 22.0 Å². The zero-order valence-electron chi connectivity index (χ0n) is 7.87. The van der Waals surface area contributed by atoms with E-state index in [-0.39, 0.29) is 11.4 Å². The predicted molar refractivity (Wildman–Crippen MR) is 61.0 cm³/mol. The average Bonchev–Trinajstić information content (AvgIpc) is 2.71. The minimum absolute atomic E-state index is 0.247. The molecule has 3 aromatic rings. The van der Waals surface area contributed by atoms with Crippen molar-refractivity contribution in [3.8, 4) is 0 Å². The van der Waals surface area contributed by atoms with Gasteiger partial charge in [0.15, 0.2) is 0 Å². The Morgan fingerprint density at radius 3 is 3.00 bits per heavy atom. The molecule has 0 bridgehead atoms. The number of hydrogen-bond donors (Lipinski definition) is 1. The number of hydrogen-bond acceptors (Lipinski definition) is 2. The molecule has 0 saturated carbocycles. The van der Waals surface area contributed by atoms with Crippen LogP contribution in [0.1, 0.15) is 0 Å². The van der Waals surface area contributed by atoms with Gasteiger partial charge in [0.2, 0.25) is 0 Å². The molecule has 0 unspecified atom stereocenters. The lowest BCUT2D eigenvalue weighted by molar-refractivity contribution is 0.622. The van der Waals surface area contributed by atoms with Crippen LogP contribution in [0.5, 0.6) is 0 Å². The van der Waals surface area contributed by atoms with Crippen LogP contribution in [0, 0.1) is 5.82 Å². The molecule has 3 rings (SSSR count). The van der Waals surface area contributed by atoms with Gasteiger partial charge in [0, 0.05) is 6.07 Å². The Morgan fingerprint density at radius 1 is 1.38 bits per heavy atom. The zero-order chi connectivity index (χ0) is 11.3. The Bertz CT molecular complexity index is 762. The van der Waals surface area contributed by atoms with Crippen molar-refractivity contribution >= 4 is 32.5 Å². The summed E-state index contributed by atoms with van der Waals surface area (Å²) in [5.41, 5.74) is 1.29. The van der Waals surface area contributed by atoms with Crippen LogP contribution in [0.4, 0.5) is 4.39 Å². The molecule has 0 atom stereocenters. The number of halogens is 2. The van der Waals surface area contributed by atoms with E-state index in [4.69, 9.17) is 0 Å². The van der Waals surface area contributed by atoms with Crippen molar-refractivity contribution in [2.24, 2.45) is 0 Å². The first-order valence-electron chi connectivity index (χ1n) is 4.50. The summed E-state index contributed by atoms with van der Waals surface area (Å²) in [6.45, 7) is 0. The van der Waals surface area contributed by atoms with Crippen LogP contribution in [0.3, 0.4) is 0 Å². The molecule has 0 radical (unpaired) electrons. The highest BCUT2D eigenvalue weighted by Crippen LogP contribution is 2.21. The molecule has 1 N–H and O–H groups in total. The van der Waals surface area contributed by atoms with Gasteiger partial charge in [-0.15, -0.1) is 0 Å². The maximum atomic E-state index is 13.4. The Morgan fingerprint density at radius 2 is 2.19 bits per heavy atom. The monoisotopic (exact) mass is 281 g/mol. The molecule has 2 heterocycles. The molecule has 0 aliphatic rings. The van der Waals surface area contributed by atoms with Crippen LogP contribution in [0.25, 0.3) is 16.6 Å². The lowest BCUT2D eigenvalue weighted by Gasteiger charge is -2.03. The van der Waals surface area contributed by atoms with Gasteiger partial charge < -0.3 is 4.98 Å². The number of benzene rings is 1. The second-order valence-corrected chi connectivity index (χ2v) is 4.24. The lowest BCUT2D eigenvalue weighted by atomic mass is 10.3. The number of H-pyrrole nitrogens is 1. The maximum Gasteiger partial charge on any atom is 0.274 e. The molecule has 6 heteroatoms. The molecule has 0 aliphatic heterocycles. The molecule has 16 heavy (non-hydrogen) atoms. The van der Waals surface area contributed by atoms with Gasteiger partial charge in [0.05, 0.1) is 28.0 Å². The highest BCUT2D eigenvalue weighted by molar-refractivity contribution is 9.10. The first kappa shape index (κ1) is 9.53. The van der Waals surface area contributed by atoms with E-state index in [1.165, 1.54) is 24.7 Å². The summed E-state index contributed by atoms with van der Waals surface area (Å²) in [5, 5.41) is 0. The van der Waals surface area contributed by atoms with Crippen LogP contribution in [-0.2, 0) is 0 Å².